The van der Waals surface area contributed by atoms with Gasteiger partial charge in [0.2, 0.25) is 0 Å². The molecule has 1 aromatic heterocycles. The van der Waals surface area contributed by atoms with E-state index >= 15 is 0 Å². The molecule has 1 aromatic rings. The van der Waals surface area contributed by atoms with Crippen molar-refractivity contribution in [1.29, 1.82) is 0 Å². The summed E-state index contributed by atoms with van der Waals surface area (Å²) in [6.45, 7) is 0. The Kier molecular flexibility index (Phi) is 1.57. The van der Waals surface area contributed by atoms with E-state index in [1.807, 2.05) is 0 Å². The molecule has 10 heavy (non-hydrogen) atoms. The molecule has 0 aliphatic rings. The Morgan fingerprint density at radius 3 is 2.00 bits per heavy atom. The Balaban J connectivity index is 3.18. The minimum Gasteiger partial charge on any atom is -0.162 e. The molecule has 0 aromatic carbocycles. The van der Waals surface area contributed by atoms with Crippen LogP contribution < -0.4 is 5.53 Å². The molecule has 0 amide bonds. The van der Waals surface area contributed by atoms with Gasteiger partial charge in [0, 0.05) is 0 Å². The fourth-order valence-electron chi connectivity index (χ4n) is 0.361. The number of halogens is 2. The molecule has 51 valence electrons. The average molecular weight is 144 g/mol. The topological polar surface area (TPSA) is 73.3 Å². The van der Waals surface area contributed by atoms with Crippen LogP contribution in [0.25, 0.3) is 0 Å². The van der Waals surface area contributed by atoms with Crippen molar-refractivity contribution in [3.05, 3.63) is 12.2 Å². The molecule has 1 rings (SSSR count). The first-order valence-corrected chi connectivity index (χ1v) is 2.14. The SMILES string of the molecule is [N]=Nc1nc(F)nc(F)n1. The summed E-state index contributed by atoms with van der Waals surface area (Å²) in [5.41, 5.74) is 7.93. The molecule has 5 nitrogen and oxygen atoms in total. The molecule has 0 saturated heterocycles. The summed E-state index contributed by atoms with van der Waals surface area (Å²) in [5, 5.41) is 2.35. The zero-order valence-corrected chi connectivity index (χ0v) is 4.49. The number of aromatic nitrogens is 3. The fraction of sp³-hybridized carbons (Fsp3) is 0. The van der Waals surface area contributed by atoms with E-state index < -0.39 is 18.1 Å². The molecule has 0 aliphatic carbocycles. The lowest BCUT2D eigenvalue weighted by molar-refractivity contribution is 0.456. The van der Waals surface area contributed by atoms with E-state index in [9.17, 15) is 8.78 Å². The number of hydrogen-bond acceptors (Lipinski definition) is 4. The second-order valence-electron chi connectivity index (χ2n) is 1.27. The molecule has 7 heteroatoms. The minimum absolute atomic E-state index is 0.690. The van der Waals surface area contributed by atoms with Crippen molar-refractivity contribution in [3.8, 4) is 0 Å². The van der Waals surface area contributed by atoms with Crippen molar-refractivity contribution in [3.63, 3.8) is 0 Å². The van der Waals surface area contributed by atoms with Crippen molar-refractivity contribution in [2.24, 2.45) is 5.11 Å². The van der Waals surface area contributed by atoms with Crippen LogP contribution in [0.4, 0.5) is 14.7 Å². The van der Waals surface area contributed by atoms with Gasteiger partial charge >= 0.3 is 12.2 Å². The van der Waals surface area contributed by atoms with E-state index in [1.165, 1.54) is 0 Å². The molecule has 0 atom stereocenters. The van der Waals surface area contributed by atoms with Crippen LogP contribution in [0.15, 0.2) is 5.11 Å². The van der Waals surface area contributed by atoms with E-state index in [0.717, 1.165) is 0 Å². The van der Waals surface area contributed by atoms with Gasteiger partial charge in [-0.15, -0.1) is 0 Å². The van der Waals surface area contributed by atoms with Crippen LogP contribution in [0, 0.1) is 12.2 Å². The first kappa shape index (κ1) is 6.59. The van der Waals surface area contributed by atoms with Gasteiger partial charge in [-0.05, 0) is 5.53 Å². The van der Waals surface area contributed by atoms with Gasteiger partial charge in [-0.1, -0.05) is 5.11 Å². The molecule has 0 spiro atoms. The number of nitrogens with zero attached hydrogens (tertiary/aromatic N) is 5. The molecular formula is C3F2N5. The maximum Gasteiger partial charge on any atom is 0.315 e. The van der Waals surface area contributed by atoms with E-state index in [-0.39, 0.29) is 0 Å². The highest BCUT2D eigenvalue weighted by Crippen LogP contribution is 2.00. The molecule has 1 radical (unpaired) electrons. The molecule has 0 bridgehead atoms. The second-order valence-corrected chi connectivity index (χ2v) is 1.27. The highest BCUT2D eigenvalue weighted by atomic mass is 19.1. The Labute approximate surface area is 53.7 Å². The minimum atomic E-state index is -1.32. The van der Waals surface area contributed by atoms with Crippen molar-refractivity contribution in [2.75, 3.05) is 0 Å². The molecule has 0 saturated carbocycles. The van der Waals surface area contributed by atoms with Gasteiger partial charge in [0.1, 0.15) is 0 Å². The van der Waals surface area contributed by atoms with E-state index in [4.69, 9.17) is 5.53 Å². The number of hydrogen-bond donors (Lipinski definition) is 0. The van der Waals surface area contributed by atoms with Crippen LogP contribution in [0.2, 0.25) is 0 Å². The standard InChI is InChI=1S/C3F2N5/c4-1-7-2(5)9-3(8-1)10-6. The van der Waals surface area contributed by atoms with Gasteiger partial charge in [0.15, 0.2) is 0 Å². The fourth-order valence-corrected chi connectivity index (χ4v) is 0.361. The smallest absolute Gasteiger partial charge is 0.162 e. The third kappa shape index (κ3) is 1.24. The predicted octanol–water partition coefficient (Wildman–Crippen LogP) is 0.0336. The predicted molar refractivity (Wildman–Crippen MR) is 24.0 cm³/mol. The average Bonchev–Trinajstić information content (AvgIpc) is 1.85. The maximum absolute atomic E-state index is 11.9. The molecule has 0 aliphatic heterocycles. The Hall–Kier alpha value is -1.53. The molecular weight excluding hydrogens is 144 g/mol. The van der Waals surface area contributed by atoms with Crippen molar-refractivity contribution in [1.82, 2.24) is 20.5 Å². The van der Waals surface area contributed by atoms with Crippen molar-refractivity contribution in [2.45, 2.75) is 0 Å². The third-order valence-electron chi connectivity index (χ3n) is 0.658. The van der Waals surface area contributed by atoms with Crippen molar-refractivity contribution >= 4 is 5.95 Å². The monoisotopic (exact) mass is 144 g/mol. The van der Waals surface area contributed by atoms with Crippen LogP contribution in [-0.2, 0) is 0 Å². The summed E-state index contributed by atoms with van der Waals surface area (Å²) < 4.78 is 23.9. The highest BCUT2D eigenvalue weighted by molar-refractivity contribution is 5.07. The van der Waals surface area contributed by atoms with Crippen LogP contribution in [0.1, 0.15) is 0 Å². The van der Waals surface area contributed by atoms with Crippen molar-refractivity contribution < 1.29 is 8.78 Å². The maximum atomic E-state index is 11.9. The van der Waals surface area contributed by atoms with Crippen LogP contribution in [-0.4, -0.2) is 15.0 Å². The van der Waals surface area contributed by atoms with Crippen LogP contribution >= 0.6 is 0 Å². The van der Waals surface area contributed by atoms with Gasteiger partial charge in [-0.3, -0.25) is 0 Å². The zero-order valence-electron chi connectivity index (χ0n) is 4.49. The van der Waals surface area contributed by atoms with Gasteiger partial charge in [-0.2, -0.15) is 23.7 Å². The quantitative estimate of drug-likeness (QED) is 0.522. The Morgan fingerprint density at radius 2 is 1.60 bits per heavy atom. The van der Waals surface area contributed by atoms with Crippen LogP contribution in [0.3, 0.4) is 0 Å². The summed E-state index contributed by atoms with van der Waals surface area (Å²) in [4.78, 5) is 8.17. The Morgan fingerprint density at radius 1 is 1.10 bits per heavy atom. The lowest BCUT2D eigenvalue weighted by Gasteiger charge is -1.87. The second kappa shape index (κ2) is 2.38. The largest absolute Gasteiger partial charge is 0.315 e. The summed E-state index contributed by atoms with van der Waals surface area (Å²) in [6.07, 6.45) is -2.64. The summed E-state index contributed by atoms with van der Waals surface area (Å²) in [7, 11) is 0. The molecule has 0 unspecified atom stereocenters. The lowest BCUT2D eigenvalue weighted by Crippen LogP contribution is -1.96. The third-order valence-corrected chi connectivity index (χ3v) is 0.658. The summed E-state index contributed by atoms with van der Waals surface area (Å²) >= 11 is 0. The summed E-state index contributed by atoms with van der Waals surface area (Å²) in [5.74, 6) is -0.690. The highest BCUT2D eigenvalue weighted by Gasteiger charge is 2.02. The summed E-state index contributed by atoms with van der Waals surface area (Å²) in [6, 6.07) is 0. The van der Waals surface area contributed by atoms with Gasteiger partial charge in [0.25, 0.3) is 5.95 Å². The van der Waals surface area contributed by atoms with E-state index in [0.29, 0.717) is 0 Å². The van der Waals surface area contributed by atoms with Crippen LogP contribution in [0.5, 0.6) is 0 Å². The first-order valence-electron chi connectivity index (χ1n) is 2.14. The zero-order chi connectivity index (χ0) is 7.56. The Bertz CT molecular complexity index is 241. The molecule has 0 fully saturated rings. The number of rotatable bonds is 1. The van der Waals surface area contributed by atoms with E-state index in [2.05, 4.69) is 20.1 Å². The van der Waals surface area contributed by atoms with E-state index in [1.54, 1.807) is 0 Å². The van der Waals surface area contributed by atoms with Gasteiger partial charge < -0.3 is 0 Å². The van der Waals surface area contributed by atoms with Gasteiger partial charge in [-0.25, -0.2) is 0 Å². The normalized spacial score (nSPS) is 9.40. The molecule has 1 heterocycles. The first-order chi connectivity index (χ1) is 4.72. The lowest BCUT2D eigenvalue weighted by atomic mass is 10.9. The van der Waals surface area contributed by atoms with Gasteiger partial charge in [0.05, 0.1) is 0 Å². The molecule has 0 N–H and O–H groups in total.